The Balaban J connectivity index is 1.89. The molecule has 2 heterocycles. The number of rotatable bonds is 2. The Hall–Kier alpha value is -1.72. The van der Waals surface area contributed by atoms with Crippen molar-refractivity contribution in [3.8, 4) is 0 Å². The van der Waals surface area contributed by atoms with Gasteiger partial charge in [0.15, 0.2) is 0 Å². The first-order valence-electron chi connectivity index (χ1n) is 5.97. The molecule has 0 spiro atoms. The van der Waals surface area contributed by atoms with E-state index >= 15 is 0 Å². The molecule has 0 radical (unpaired) electrons. The number of hydrogen-bond acceptors (Lipinski definition) is 4. The second-order valence-electron chi connectivity index (χ2n) is 4.59. The van der Waals surface area contributed by atoms with Crippen molar-refractivity contribution >= 4 is 11.8 Å². The molecule has 0 saturated carbocycles. The van der Waals surface area contributed by atoms with Crippen LogP contribution in [0.2, 0.25) is 0 Å². The molecule has 2 aliphatic heterocycles. The van der Waals surface area contributed by atoms with Crippen LogP contribution >= 0.6 is 0 Å². The van der Waals surface area contributed by atoms with Crippen LogP contribution in [0.25, 0.3) is 0 Å². The van der Waals surface area contributed by atoms with E-state index in [1.807, 2.05) is 12.1 Å². The third kappa shape index (κ3) is 1.91. The number of nitrogens with one attached hydrogen (secondary N) is 1. The minimum atomic E-state index is -0.305. The van der Waals surface area contributed by atoms with Crippen LogP contribution in [0.15, 0.2) is 18.2 Å². The topological polar surface area (TPSA) is 64.6 Å². The highest BCUT2D eigenvalue weighted by Gasteiger charge is 2.30. The predicted molar refractivity (Wildman–Crippen MR) is 62.0 cm³/mol. The first-order valence-corrected chi connectivity index (χ1v) is 5.97. The van der Waals surface area contributed by atoms with Crippen LogP contribution < -0.4 is 5.32 Å². The molecule has 0 aliphatic carbocycles. The molecule has 2 aliphatic rings. The summed E-state index contributed by atoms with van der Waals surface area (Å²) in [6.07, 6.45) is 1.63. The molecule has 1 fully saturated rings. The lowest BCUT2D eigenvalue weighted by atomic mass is 9.92. The number of carbonyl (C=O) groups is 2. The highest BCUT2D eigenvalue weighted by Crippen LogP contribution is 2.24. The summed E-state index contributed by atoms with van der Waals surface area (Å²) in [5, 5.41) is 2.33. The second kappa shape index (κ2) is 4.51. The average molecular weight is 247 g/mol. The molecule has 5 nitrogen and oxygen atoms in total. The zero-order valence-electron chi connectivity index (χ0n) is 9.77. The van der Waals surface area contributed by atoms with Gasteiger partial charge < -0.3 is 0 Å². The fourth-order valence-electron chi connectivity index (χ4n) is 2.43. The van der Waals surface area contributed by atoms with E-state index in [0.29, 0.717) is 30.3 Å². The summed E-state index contributed by atoms with van der Waals surface area (Å²) in [5.74, 6) is -0.271. The fraction of sp³-hybridized carbons (Fsp3) is 0.385. The van der Waals surface area contributed by atoms with Gasteiger partial charge in [0.2, 0.25) is 0 Å². The van der Waals surface area contributed by atoms with Crippen molar-refractivity contribution in [1.29, 1.82) is 0 Å². The lowest BCUT2D eigenvalue weighted by molar-refractivity contribution is -0.324. The summed E-state index contributed by atoms with van der Waals surface area (Å²) in [7, 11) is 0. The van der Waals surface area contributed by atoms with Crippen LogP contribution in [0, 0.1) is 5.92 Å². The number of amides is 2. The van der Waals surface area contributed by atoms with Crippen LogP contribution in [0.1, 0.15) is 32.7 Å². The van der Waals surface area contributed by atoms with Crippen molar-refractivity contribution in [3.05, 3.63) is 34.9 Å². The Labute approximate surface area is 104 Å². The second-order valence-corrected chi connectivity index (χ2v) is 4.59. The van der Waals surface area contributed by atoms with Crippen molar-refractivity contribution in [1.82, 2.24) is 5.32 Å². The van der Waals surface area contributed by atoms with E-state index in [1.165, 1.54) is 0 Å². The minimum Gasteiger partial charge on any atom is -0.288 e. The summed E-state index contributed by atoms with van der Waals surface area (Å²) >= 11 is 0. The molecule has 1 atom stereocenters. The largest absolute Gasteiger partial charge is 0.288 e. The molecule has 3 rings (SSSR count). The molecule has 0 bridgehead atoms. The van der Waals surface area contributed by atoms with Gasteiger partial charge in [-0.15, -0.1) is 0 Å². The maximum absolute atomic E-state index is 11.8. The maximum Gasteiger partial charge on any atom is 0.259 e. The van der Waals surface area contributed by atoms with Crippen molar-refractivity contribution in [2.45, 2.75) is 12.8 Å². The average Bonchev–Trinajstić information content (AvgIpc) is 2.67. The minimum absolute atomic E-state index is 0.293. The summed E-state index contributed by atoms with van der Waals surface area (Å²) in [6, 6.07) is 5.39. The first-order chi connectivity index (χ1) is 8.75. The number of imide groups is 1. The third-order valence-electron chi connectivity index (χ3n) is 3.35. The first kappa shape index (κ1) is 11.4. The number of benzene rings is 1. The zero-order valence-corrected chi connectivity index (χ0v) is 9.77. The van der Waals surface area contributed by atoms with E-state index in [4.69, 9.17) is 9.78 Å². The van der Waals surface area contributed by atoms with E-state index in [-0.39, 0.29) is 11.8 Å². The monoisotopic (exact) mass is 247 g/mol. The Morgan fingerprint density at radius 1 is 1.22 bits per heavy atom. The van der Waals surface area contributed by atoms with Crippen molar-refractivity contribution < 1.29 is 19.4 Å². The molecule has 0 aromatic heterocycles. The third-order valence-corrected chi connectivity index (χ3v) is 3.35. The maximum atomic E-state index is 11.8. The van der Waals surface area contributed by atoms with Gasteiger partial charge in [-0.1, -0.05) is 12.1 Å². The molecule has 2 amide bonds. The smallest absolute Gasteiger partial charge is 0.259 e. The Morgan fingerprint density at radius 3 is 2.89 bits per heavy atom. The van der Waals surface area contributed by atoms with Crippen LogP contribution in [0.4, 0.5) is 0 Å². The predicted octanol–water partition coefficient (Wildman–Crippen LogP) is 1.08. The molecule has 1 saturated heterocycles. The van der Waals surface area contributed by atoms with Gasteiger partial charge in [-0.3, -0.25) is 14.9 Å². The number of carbonyl (C=O) groups excluding carboxylic acids is 2. The van der Waals surface area contributed by atoms with E-state index in [2.05, 4.69) is 5.32 Å². The van der Waals surface area contributed by atoms with E-state index < -0.39 is 0 Å². The molecule has 1 unspecified atom stereocenters. The Morgan fingerprint density at radius 2 is 2.11 bits per heavy atom. The summed E-state index contributed by atoms with van der Waals surface area (Å²) in [6.45, 7) is 1.10. The SMILES string of the molecule is O=C1NC(=O)c2c(CC3CCOOC3)cccc21. The van der Waals surface area contributed by atoms with Gasteiger partial charge in [0.1, 0.15) is 0 Å². The van der Waals surface area contributed by atoms with Crippen LogP contribution in [-0.2, 0) is 16.2 Å². The van der Waals surface area contributed by atoms with E-state index in [9.17, 15) is 9.59 Å². The van der Waals surface area contributed by atoms with Gasteiger partial charge in [0, 0.05) is 0 Å². The van der Waals surface area contributed by atoms with Crippen molar-refractivity contribution in [2.24, 2.45) is 5.92 Å². The lowest BCUT2D eigenvalue weighted by Gasteiger charge is -2.21. The molecular formula is C13H13NO4. The normalized spacial score (nSPS) is 22.8. The molecular weight excluding hydrogens is 234 g/mol. The summed E-state index contributed by atoms with van der Waals surface area (Å²) < 4.78 is 0. The zero-order chi connectivity index (χ0) is 12.5. The van der Waals surface area contributed by atoms with Crippen LogP contribution in [0.5, 0.6) is 0 Å². The summed E-state index contributed by atoms with van der Waals surface area (Å²) in [5.41, 5.74) is 1.91. The molecule has 18 heavy (non-hydrogen) atoms. The highest BCUT2D eigenvalue weighted by molar-refractivity contribution is 6.22. The van der Waals surface area contributed by atoms with Gasteiger partial charge in [0.25, 0.3) is 11.8 Å². The van der Waals surface area contributed by atoms with Gasteiger partial charge >= 0.3 is 0 Å². The molecule has 5 heteroatoms. The van der Waals surface area contributed by atoms with Gasteiger partial charge in [-0.2, -0.15) is 0 Å². The Kier molecular flexibility index (Phi) is 2.85. The van der Waals surface area contributed by atoms with Crippen molar-refractivity contribution in [2.75, 3.05) is 13.2 Å². The Bertz CT molecular complexity index is 506. The standard InChI is InChI=1S/C13H13NO4/c15-12-10-3-1-2-9(11(10)13(16)14-12)6-8-4-5-17-18-7-8/h1-3,8H,4-7H2,(H,14,15,16). The number of hydrogen-bond donors (Lipinski definition) is 1. The quantitative estimate of drug-likeness (QED) is 0.627. The number of fused-ring (bicyclic) bond motifs is 1. The summed E-state index contributed by atoms with van der Waals surface area (Å²) in [4.78, 5) is 33.1. The molecule has 94 valence electrons. The molecule has 1 aromatic carbocycles. The van der Waals surface area contributed by atoms with Gasteiger partial charge in [0.05, 0.1) is 24.3 Å². The van der Waals surface area contributed by atoms with Crippen molar-refractivity contribution in [3.63, 3.8) is 0 Å². The van der Waals surface area contributed by atoms with E-state index in [0.717, 1.165) is 18.4 Å². The molecule has 1 aromatic rings. The van der Waals surface area contributed by atoms with Crippen LogP contribution in [0.3, 0.4) is 0 Å². The van der Waals surface area contributed by atoms with E-state index in [1.54, 1.807) is 6.07 Å². The molecule has 1 N–H and O–H groups in total. The fourth-order valence-corrected chi connectivity index (χ4v) is 2.43. The lowest BCUT2D eigenvalue weighted by Crippen LogP contribution is -2.23. The van der Waals surface area contributed by atoms with Gasteiger partial charge in [-0.05, 0) is 30.4 Å². The van der Waals surface area contributed by atoms with Crippen LogP contribution in [-0.4, -0.2) is 25.0 Å². The highest BCUT2D eigenvalue weighted by atomic mass is 17.2. The van der Waals surface area contributed by atoms with Gasteiger partial charge in [-0.25, -0.2) is 9.78 Å².